The van der Waals surface area contributed by atoms with Crippen LogP contribution < -0.4 is 0 Å². The van der Waals surface area contributed by atoms with E-state index in [1.165, 1.54) is 82.9 Å². The van der Waals surface area contributed by atoms with E-state index in [4.69, 9.17) is 15.0 Å². The zero-order chi connectivity index (χ0) is 48.2. The molecule has 4 aliphatic rings. The molecule has 0 saturated heterocycles. The van der Waals surface area contributed by atoms with E-state index >= 15 is 0 Å². The summed E-state index contributed by atoms with van der Waals surface area (Å²) >= 11 is 0. The molecule has 1 atom stereocenters. The Bertz CT molecular complexity index is 4270. The van der Waals surface area contributed by atoms with Crippen LogP contribution in [0.4, 0.5) is 0 Å². The SMILES string of the molecule is CC1(C)C2=Cc3c(c4ccccc4n3-c3nc(-n4c5ccccc5c5cc6c(cc54)C(C)(C)c4ccccc4-6)nc(-n4c5ccccc5c5cc6c(cc54)C(C)(C)c4ccccc4-6)n3)CC2c2ccccc21. The Hall–Kier alpha value is -8.35. The highest BCUT2D eigenvalue weighted by Gasteiger charge is 2.45. The van der Waals surface area contributed by atoms with E-state index in [9.17, 15) is 0 Å². The van der Waals surface area contributed by atoms with E-state index in [2.05, 4.69) is 231 Å². The Morgan fingerprint density at radius 3 is 1.35 bits per heavy atom. The smallest absolute Gasteiger partial charge is 0.241 e. The third kappa shape index (κ3) is 4.97. The number of para-hydroxylation sites is 3. The molecule has 1 unspecified atom stereocenters. The van der Waals surface area contributed by atoms with Crippen molar-refractivity contribution in [3.63, 3.8) is 0 Å². The largest absolute Gasteiger partial charge is 0.278 e. The van der Waals surface area contributed by atoms with Crippen LogP contribution in [0.3, 0.4) is 0 Å². The Morgan fingerprint density at radius 2 is 0.806 bits per heavy atom. The highest BCUT2D eigenvalue weighted by Crippen LogP contribution is 2.56. The van der Waals surface area contributed by atoms with Gasteiger partial charge in [0.05, 0.1) is 33.3 Å². The lowest BCUT2D eigenvalue weighted by Gasteiger charge is -2.28. The highest BCUT2D eigenvalue weighted by atomic mass is 15.3. The Balaban J connectivity index is 1.02. The van der Waals surface area contributed by atoms with Gasteiger partial charge in [0.1, 0.15) is 0 Å². The molecule has 0 bridgehead atoms. The normalized spacial score (nSPS) is 17.2. The second kappa shape index (κ2) is 13.5. The number of hydrogen-bond donors (Lipinski definition) is 0. The van der Waals surface area contributed by atoms with Crippen molar-refractivity contribution < 1.29 is 0 Å². The van der Waals surface area contributed by atoms with Crippen molar-refractivity contribution in [2.75, 3.05) is 0 Å². The van der Waals surface area contributed by atoms with Crippen LogP contribution in [-0.2, 0) is 22.7 Å². The summed E-state index contributed by atoms with van der Waals surface area (Å²) in [5.41, 5.74) is 22.1. The van der Waals surface area contributed by atoms with Crippen LogP contribution in [0.5, 0.6) is 0 Å². The van der Waals surface area contributed by atoms with Crippen molar-refractivity contribution in [1.82, 2.24) is 28.7 Å². The molecule has 0 saturated carbocycles. The molecular weight excluding hydrogens is 877 g/mol. The molecule has 0 radical (unpaired) electrons. The summed E-state index contributed by atoms with van der Waals surface area (Å²) in [6.45, 7) is 14.2. The van der Waals surface area contributed by atoms with Crippen molar-refractivity contribution in [2.24, 2.45) is 0 Å². The van der Waals surface area contributed by atoms with Gasteiger partial charge in [-0.05, 0) is 116 Å². The summed E-state index contributed by atoms with van der Waals surface area (Å²) in [5, 5.41) is 5.92. The molecule has 12 aromatic rings. The topological polar surface area (TPSA) is 53.5 Å². The molecule has 4 aromatic heterocycles. The number of allylic oxidation sites excluding steroid dienone is 1. The monoisotopic (exact) mass is 926 g/mol. The third-order valence-electron chi connectivity index (χ3n) is 17.8. The molecular formula is C66H50N6. The molecule has 6 heteroatoms. The molecule has 8 aromatic carbocycles. The van der Waals surface area contributed by atoms with Gasteiger partial charge >= 0.3 is 0 Å². The van der Waals surface area contributed by atoms with Gasteiger partial charge in [0.2, 0.25) is 17.8 Å². The maximum Gasteiger partial charge on any atom is 0.241 e. The quantitative estimate of drug-likeness (QED) is 0.177. The molecule has 4 aliphatic carbocycles. The van der Waals surface area contributed by atoms with Gasteiger partial charge in [-0.2, -0.15) is 15.0 Å². The van der Waals surface area contributed by atoms with Crippen molar-refractivity contribution in [3.8, 4) is 40.1 Å². The molecule has 4 heterocycles. The number of benzene rings is 8. The first-order valence-electron chi connectivity index (χ1n) is 25.5. The Labute approximate surface area is 417 Å². The maximum atomic E-state index is 5.75. The second-order valence-electron chi connectivity index (χ2n) is 22.4. The van der Waals surface area contributed by atoms with E-state index in [1.54, 1.807) is 0 Å². The van der Waals surface area contributed by atoms with Crippen LogP contribution in [-0.4, -0.2) is 28.7 Å². The van der Waals surface area contributed by atoms with Crippen LogP contribution in [0, 0.1) is 0 Å². The lowest BCUT2D eigenvalue weighted by atomic mass is 9.76. The van der Waals surface area contributed by atoms with Gasteiger partial charge in [0.15, 0.2) is 0 Å². The number of aromatic nitrogens is 6. The first-order chi connectivity index (χ1) is 35.0. The van der Waals surface area contributed by atoms with Gasteiger partial charge in [-0.25, -0.2) is 0 Å². The summed E-state index contributed by atoms with van der Waals surface area (Å²) in [6, 6.07) is 63.0. The maximum absolute atomic E-state index is 5.75. The molecule has 16 rings (SSSR count). The van der Waals surface area contributed by atoms with Crippen LogP contribution in [0.15, 0.2) is 175 Å². The first-order valence-corrected chi connectivity index (χ1v) is 25.5. The van der Waals surface area contributed by atoms with Gasteiger partial charge < -0.3 is 0 Å². The summed E-state index contributed by atoms with van der Waals surface area (Å²) < 4.78 is 6.97. The fourth-order valence-electron chi connectivity index (χ4n) is 14.3. The van der Waals surface area contributed by atoms with Crippen LogP contribution >= 0.6 is 0 Å². The molecule has 0 spiro atoms. The van der Waals surface area contributed by atoms with Gasteiger partial charge in [0.25, 0.3) is 0 Å². The Morgan fingerprint density at radius 1 is 0.375 bits per heavy atom. The fourth-order valence-corrected chi connectivity index (χ4v) is 14.3. The third-order valence-corrected chi connectivity index (χ3v) is 17.8. The lowest BCUT2D eigenvalue weighted by Crippen LogP contribution is -2.20. The molecule has 72 heavy (non-hydrogen) atoms. The van der Waals surface area contributed by atoms with Gasteiger partial charge in [-0.1, -0.05) is 175 Å². The lowest BCUT2D eigenvalue weighted by molar-refractivity contribution is 0.613. The minimum absolute atomic E-state index is 0.136. The standard InChI is InChI=1S/C66H50N6/c1-64(2)49-25-13-7-19-37(49)43-31-46-40-22-10-16-28-55(40)70(58(46)34-52(43)64)61-67-62(71-56-29-17-11-23-41(56)47-32-44-38-20-8-14-26-50(38)65(3,4)53(44)35-59(47)71)69-63(68-61)72-57-30-18-12-24-42(57)48-33-45-39-21-9-15-27-51(39)66(5,6)54(45)36-60(48)72/h7-32,34-36,45H,33H2,1-6H3. The van der Waals surface area contributed by atoms with Crippen molar-refractivity contribution in [1.29, 1.82) is 0 Å². The van der Waals surface area contributed by atoms with Crippen LogP contribution in [0.1, 0.15) is 92.1 Å². The highest BCUT2D eigenvalue weighted by molar-refractivity contribution is 6.13. The molecule has 344 valence electrons. The Kier molecular flexibility index (Phi) is 7.59. The van der Waals surface area contributed by atoms with Crippen molar-refractivity contribution in [3.05, 3.63) is 220 Å². The number of nitrogens with zero attached hydrogens (tertiary/aromatic N) is 6. The zero-order valence-electron chi connectivity index (χ0n) is 41.2. The van der Waals surface area contributed by atoms with E-state index in [1.807, 2.05) is 0 Å². The predicted octanol–water partition coefficient (Wildman–Crippen LogP) is 15.6. The molecule has 0 amide bonds. The van der Waals surface area contributed by atoms with E-state index in [0.717, 1.165) is 50.5 Å². The summed E-state index contributed by atoms with van der Waals surface area (Å²) in [4.78, 5) is 17.2. The number of fused-ring (bicyclic) bond motifs is 18. The minimum atomic E-state index is -0.199. The summed E-state index contributed by atoms with van der Waals surface area (Å²) in [6.07, 6.45) is 3.39. The minimum Gasteiger partial charge on any atom is -0.278 e. The van der Waals surface area contributed by atoms with E-state index in [0.29, 0.717) is 23.8 Å². The predicted molar refractivity (Wildman–Crippen MR) is 294 cm³/mol. The molecule has 0 N–H and O–H groups in total. The number of rotatable bonds is 3. The second-order valence-corrected chi connectivity index (χ2v) is 22.4. The molecule has 0 aliphatic heterocycles. The van der Waals surface area contributed by atoms with E-state index in [-0.39, 0.29) is 16.2 Å². The fraction of sp³-hybridized carbons (Fsp3) is 0.167. The molecule has 6 nitrogen and oxygen atoms in total. The van der Waals surface area contributed by atoms with E-state index < -0.39 is 0 Å². The average molecular weight is 927 g/mol. The van der Waals surface area contributed by atoms with Crippen LogP contribution in [0.2, 0.25) is 0 Å². The van der Waals surface area contributed by atoms with Crippen molar-refractivity contribution in [2.45, 2.75) is 70.1 Å². The van der Waals surface area contributed by atoms with Crippen molar-refractivity contribution >= 4 is 60.6 Å². The summed E-state index contributed by atoms with van der Waals surface area (Å²) in [5.74, 6) is 2.05. The summed E-state index contributed by atoms with van der Waals surface area (Å²) in [7, 11) is 0. The zero-order valence-corrected chi connectivity index (χ0v) is 41.2. The van der Waals surface area contributed by atoms with Gasteiger partial charge in [-0.3, -0.25) is 13.7 Å². The van der Waals surface area contributed by atoms with Crippen LogP contribution in [0.25, 0.3) is 101 Å². The molecule has 0 fully saturated rings. The number of hydrogen-bond acceptors (Lipinski definition) is 3. The first kappa shape index (κ1) is 40.4. The average Bonchev–Trinajstić information content (AvgIpc) is 4.18. The van der Waals surface area contributed by atoms with Gasteiger partial charge in [-0.15, -0.1) is 0 Å². The van der Waals surface area contributed by atoms with Gasteiger partial charge in [0, 0.05) is 49.1 Å².